The van der Waals surface area contributed by atoms with Crippen molar-refractivity contribution in [3.05, 3.63) is 34.3 Å². The van der Waals surface area contributed by atoms with Crippen molar-refractivity contribution in [2.75, 3.05) is 0 Å². The average molecular weight is 366 g/mol. The van der Waals surface area contributed by atoms with Gasteiger partial charge in [0.1, 0.15) is 0 Å². The van der Waals surface area contributed by atoms with Crippen molar-refractivity contribution in [1.29, 1.82) is 0 Å². The summed E-state index contributed by atoms with van der Waals surface area (Å²) in [7, 11) is 0. The van der Waals surface area contributed by atoms with Gasteiger partial charge in [-0.3, -0.25) is 0 Å². The summed E-state index contributed by atoms with van der Waals surface area (Å²) in [6.07, 6.45) is 3.18. The van der Waals surface area contributed by atoms with Crippen molar-refractivity contribution in [2.24, 2.45) is 0 Å². The minimum Gasteiger partial charge on any atom is -0.201 e. The Morgan fingerprint density at radius 3 is 1.59 bits per heavy atom. The highest BCUT2D eigenvalue weighted by atomic mass is 35.5. The molecule has 9 heteroatoms. The number of hydrogen-bond acceptors (Lipinski definition) is 5. The van der Waals surface area contributed by atoms with Crippen molar-refractivity contribution < 1.29 is 0 Å². The third-order valence-electron chi connectivity index (χ3n) is 1.79. The molecule has 0 saturated heterocycles. The Kier molecular flexibility index (Phi) is 4.51. The summed E-state index contributed by atoms with van der Waals surface area (Å²) in [6, 6.07) is 0. The first-order valence-corrected chi connectivity index (χ1v) is 8.17. The number of nitrogens with zero attached hydrogens (tertiary/aromatic N) is 2. The van der Waals surface area contributed by atoms with Crippen molar-refractivity contribution >= 4 is 81.2 Å². The monoisotopic (exact) mass is 364 g/mol. The van der Waals surface area contributed by atoms with Crippen LogP contribution in [0.5, 0.6) is 0 Å². The van der Waals surface area contributed by atoms with Gasteiger partial charge in [-0.15, -0.1) is 0 Å². The molecule has 2 nitrogen and oxygen atoms in total. The second-order valence-electron chi connectivity index (χ2n) is 2.96. The maximum absolute atomic E-state index is 6.21. The number of thioether (sulfide) groups is 1. The molecule has 0 aliphatic rings. The van der Waals surface area contributed by atoms with E-state index in [1.165, 1.54) is 23.1 Å². The van der Waals surface area contributed by atoms with Crippen LogP contribution >= 0.6 is 81.2 Å². The molecule has 0 radical (unpaired) electrons. The van der Waals surface area contributed by atoms with Gasteiger partial charge in [-0.25, -0.2) is 8.75 Å². The Morgan fingerprint density at radius 2 is 1.29 bits per heavy atom. The maximum atomic E-state index is 6.21. The van der Waals surface area contributed by atoms with Crippen LogP contribution in [0.4, 0.5) is 0 Å². The van der Waals surface area contributed by atoms with Crippen LogP contribution < -0.4 is 0 Å². The maximum Gasteiger partial charge on any atom is 0.193 e. The molecule has 2 rings (SSSR count). The van der Waals surface area contributed by atoms with Gasteiger partial charge < -0.3 is 0 Å². The molecule has 17 heavy (non-hydrogen) atoms. The lowest BCUT2D eigenvalue weighted by Crippen LogP contribution is -2.14. The van der Waals surface area contributed by atoms with Crippen molar-refractivity contribution in [3.8, 4) is 0 Å². The van der Waals surface area contributed by atoms with E-state index in [1.54, 1.807) is 23.2 Å². The third-order valence-corrected chi connectivity index (χ3v) is 5.75. The molecule has 0 aliphatic heterocycles. The van der Waals surface area contributed by atoms with Gasteiger partial charge in [-0.1, -0.05) is 58.2 Å². The van der Waals surface area contributed by atoms with Crippen molar-refractivity contribution in [1.82, 2.24) is 8.75 Å². The summed E-state index contributed by atoms with van der Waals surface area (Å²) >= 11 is 28.4. The Balaban J connectivity index is 2.21. The van der Waals surface area contributed by atoms with Gasteiger partial charge in [0.25, 0.3) is 0 Å². The average Bonchev–Trinajstić information content (AvgIpc) is 2.91. The minimum absolute atomic E-state index is 0.657. The second kappa shape index (κ2) is 5.41. The highest BCUT2D eigenvalue weighted by Crippen LogP contribution is 2.58. The second-order valence-corrected chi connectivity index (χ2v) is 9.26. The molecule has 0 amide bonds. The lowest BCUT2D eigenvalue weighted by Gasteiger charge is -2.25. The molecule has 2 aromatic heterocycles. The fraction of sp³-hybridized carbons (Fsp3) is 0.250. The Labute approximate surface area is 131 Å². The lowest BCUT2D eigenvalue weighted by molar-refractivity contribution is 1.19. The zero-order chi connectivity index (χ0) is 12.5. The van der Waals surface area contributed by atoms with E-state index in [-0.39, 0.29) is 0 Å². The molecule has 0 aliphatic carbocycles. The molecule has 0 N–H and O–H groups in total. The first kappa shape index (κ1) is 14.2. The molecule has 0 saturated carbocycles. The molecule has 0 atom stereocenters. The van der Waals surface area contributed by atoms with E-state index in [2.05, 4.69) is 8.75 Å². The molecule has 0 fully saturated rings. The molecule has 2 heterocycles. The highest BCUT2D eigenvalue weighted by Gasteiger charge is 2.41. The fourth-order valence-corrected chi connectivity index (χ4v) is 5.61. The summed E-state index contributed by atoms with van der Waals surface area (Å²) in [5.41, 5.74) is 1.31. The number of hydrogen-bond donors (Lipinski definition) is 0. The number of aromatic nitrogens is 2. The molecular formula is C8H4Cl4N2S3. The largest absolute Gasteiger partial charge is 0.201 e. The van der Waals surface area contributed by atoms with Crippen LogP contribution in [0.15, 0.2) is 23.2 Å². The van der Waals surface area contributed by atoms with Gasteiger partial charge in [-0.2, -0.15) is 0 Å². The molecule has 0 bridgehead atoms. The Bertz CT molecular complexity index is 425. The van der Waals surface area contributed by atoms with Crippen LogP contribution in [-0.2, 0) is 7.33 Å². The van der Waals surface area contributed by atoms with Crippen LogP contribution in [0.1, 0.15) is 11.1 Å². The lowest BCUT2D eigenvalue weighted by atomic mass is 10.4. The zero-order valence-electron chi connectivity index (χ0n) is 7.94. The van der Waals surface area contributed by atoms with Gasteiger partial charge in [0.05, 0.1) is 0 Å². The van der Waals surface area contributed by atoms with E-state index in [1.807, 2.05) is 0 Å². The van der Waals surface area contributed by atoms with E-state index < -0.39 is 7.33 Å². The molecule has 2 aromatic rings. The molecule has 0 aromatic carbocycles. The van der Waals surface area contributed by atoms with E-state index in [0.717, 1.165) is 11.8 Å². The number of rotatable bonds is 4. The molecule has 0 unspecified atom stereocenters. The molecular weight excluding hydrogens is 362 g/mol. The van der Waals surface area contributed by atoms with Crippen molar-refractivity contribution in [2.45, 2.75) is 7.33 Å². The van der Waals surface area contributed by atoms with E-state index >= 15 is 0 Å². The quantitative estimate of drug-likeness (QED) is 0.695. The standard InChI is InChI=1S/C8H4Cl4N2S3/c9-7(10,5-1-13-15-3-5)17-8(11,12)6-2-14-16-4-6/h1-4H. The van der Waals surface area contributed by atoms with Crippen LogP contribution in [0.2, 0.25) is 0 Å². The summed E-state index contributed by atoms with van der Waals surface area (Å²) in [4.78, 5) is 0. The Hall–Kier alpha value is 0.770. The van der Waals surface area contributed by atoms with Crippen LogP contribution in [0.25, 0.3) is 0 Å². The van der Waals surface area contributed by atoms with Gasteiger partial charge in [0.15, 0.2) is 7.33 Å². The molecule has 92 valence electrons. The van der Waals surface area contributed by atoms with Crippen LogP contribution in [0.3, 0.4) is 0 Å². The predicted octanol–water partition coefficient (Wildman–Crippen LogP) is 5.21. The van der Waals surface area contributed by atoms with E-state index in [0.29, 0.717) is 11.1 Å². The Morgan fingerprint density at radius 1 is 0.882 bits per heavy atom. The van der Waals surface area contributed by atoms with Gasteiger partial charge >= 0.3 is 0 Å². The number of halogens is 4. The van der Waals surface area contributed by atoms with Crippen LogP contribution in [-0.4, -0.2) is 8.75 Å². The number of alkyl halides is 4. The smallest absolute Gasteiger partial charge is 0.193 e. The van der Waals surface area contributed by atoms with E-state index in [9.17, 15) is 0 Å². The normalized spacial score (nSPS) is 12.9. The van der Waals surface area contributed by atoms with Gasteiger partial charge in [-0.05, 0) is 23.1 Å². The summed E-state index contributed by atoms with van der Waals surface area (Å²) < 4.78 is 5.39. The SMILES string of the molecule is ClC(Cl)(SC(Cl)(Cl)c1cnsc1)c1cnsc1. The summed E-state index contributed by atoms with van der Waals surface area (Å²) in [6.45, 7) is 0. The van der Waals surface area contributed by atoms with Gasteiger partial charge in [0.2, 0.25) is 0 Å². The minimum atomic E-state index is -1.25. The molecule has 0 spiro atoms. The fourth-order valence-electron chi connectivity index (χ4n) is 0.976. The van der Waals surface area contributed by atoms with Crippen LogP contribution in [0, 0.1) is 0 Å². The topological polar surface area (TPSA) is 25.8 Å². The third kappa shape index (κ3) is 3.41. The summed E-state index contributed by atoms with van der Waals surface area (Å²) in [5, 5.41) is 3.51. The summed E-state index contributed by atoms with van der Waals surface area (Å²) in [5.74, 6) is 0. The first-order valence-electron chi connectivity index (χ1n) is 4.17. The van der Waals surface area contributed by atoms with E-state index in [4.69, 9.17) is 46.4 Å². The van der Waals surface area contributed by atoms with Gasteiger partial charge in [0, 0.05) is 34.3 Å². The predicted molar refractivity (Wildman–Crippen MR) is 78.6 cm³/mol. The highest BCUT2D eigenvalue weighted by molar-refractivity contribution is 8.05. The van der Waals surface area contributed by atoms with Crippen molar-refractivity contribution in [3.63, 3.8) is 0 Å². The zero-order valence-corrected chi connectivity index (χ0v) is 13.4. The first-order chi connectivity index (χ1) is 7.92.